The van der Waals surface area contributed by atoms with E-state index in [1.54, 1.807) is 6.20 Å². The van der Waals surface area contributed by atoms with Crippen molar-refractivity contribution in [3.8, 4) is 0 Å². The number of anilines is 2. The fourth-order valence-corrected chi connectivity index (χ4v) is 3.02. The van der Waals surface area contributed by atoms with Crippen LogP contribution in [0.5, 0.6) is 0 Å². The van der Waals surface area contributed by atoms with Crippen LogP contribution < -0.4 is 10.2 Å². The van der Waals surface area contributed by atoms with Crippen LogP contribution in [-0.4, -0.2) is 39.9 Å². The molecule has 1 aliphatic heterocycles. The molecule has 2 aromatic rings. The summed E-state index contributed by atoms with van der Waals surface area (Å²) in [6.07, 6.45) is 3.36. The maximum absolute atomic E-state index is 10.2. The third kappa shape index (κ3) is 4.27. The van der Waals surface area contributed by atoms with Crippen LogP contribution in [0.15, 0.2) is 30.5 Å². The molecule has 2 heterocycles. The van der Waals surface area contributed by atoms with E-state index in [2.05, 4.69) is 32.3 Å². The Balaban J connectivity index is 1.73. The highest BCUT2D eigenvalue weighted by atomic mass is 16.3. The van der Waals surface area contributed by atoms with E-state index < -0.39 is 5.60 Å². The Hall–Kier alpha value is -2.18. The largest absolute Gasteiger partial charge is 0.396 e. The number of benzene rings is 1. The van der Waals surface area contributed by atoms with Crippen molar-refractivity contribution in [2.45, 2.75) is 38.8 Å². The van der Waals surface area contributed by atoms with Crippen LogP contribution in [0.25, 0.3) is 0 Å². The molecule has 0 bridgehead atoms. The summed E-state index contributed by atoms with van der Waals surface area (Å²) in [5, 5.41) is 22.2. The van der Waals surface area contributed by atoms with Gasteiger partial charge in [0, 0.05) is 32.4 Å². The maximum atomic E-state index is 10.2. The molecule has 0 saturated carbocycles. The molecule has 0 spiro atoms. The lowest BCUT2D eigenvalue weighted by Crippen LogP contribution is -2.31. The minimum absolute atomic E-state index is 0.155. The molecule has 3 rings (SSSR count). The molecule has 6 heteroatoms. The summed E-state index contributed by atoms with van der Waals surface area (Å²) in [6.45, 7) is 6.13. The fraction of sp³-hybridized carbons (Fsp3) is 0.474. The first-order valence-corrected chi connectivity index (χ1v) is 8.75. The zero-order chi connectivity index (χ0) is 17.9. The van der Waals surface area contributed by atoms with Crippen LogP contribution in [0.4, 0.5) is 11.8 Å². The van der Waals surface area contributed by atoms with Gasteiger partial charge in [0.2, 0.25) is 5.95 Å². The highest BCUT2D eigenvalue weighted by Crippen LogP contribution is 2.28. The van der Waals surface area contributed by atoms with Gasteiger partial charge in [-0.2, -0.15) is 4.98 Å². The van der Waals surface area contributed by atoms with Crippen molar-refractivity contribution >= 4 is 11.8 Å². The summed E-state index contributed by atoms with van der Waals surface area (Å²) >= 11 is 0. The smallest absolute Gasteiger partial charge is 0.224 e. The Morgan fingerprint density at radius 1 is 1.24 bits per heavy atom. The Morgan fingerprint density at radius 2 is 2.08 bits per heavy atom. The fourth-order valence-electron chi connectivity index (χ4n) is 3.02. The number of nitrogens with zero attached hydrogens (tertiary/aromatic N) is 3. The summed E-state index contributed by atoms with van der Waals surface area (Å²) < 4.78 is 0. The molecule has 1 aliphatic rings. The van der Waals surface area contributed by atoms with E-state index in [0.29, 0.717) is 18.9 Å². The van der Waals surface area contributed by atoms with Crippen molar-refractivity contribution in [2.75, 3.05) is 29.9 Å². The van der Waals surface area contributed by atoms with Crippen LogP contribution >= 0.6 is 0 Å². The minimum Gasteiger partial charge on any atom is -0.396 e. The average molecular weight is 342 g/mol. The number of hydrogen-bond donors (Lipinski definition) is 3. The topological polar surface area (TPSA) is 81.5 Å². The minimum atomic E-state index is -0.812. The van der Waals surface area contributed by atoms with E-state index in [-0.39, 0.29) is 6.61 Å². The quantitative estimate of drug-likeness (QED) is 0.697. The predicted octanol–water partition coefficient (Wildman–Crippen LogP) is 2.06. The number of nitrogens with one attached hydrogen (secondary N) is 1. The van der Waals surface area contributed by atoms with Gasteiger partial charge >= 0.3 is 0 Å². The maximum Gasteiger partial charge on any atom is 0.224 e. The first kappa shape index (κ1) is 17.6. The lowest BCUT2D eigenvalue weighted by atomic mass is 9.91. The van der Waals surface area contributed by atoms with Gasteiger partial charge < -0.3 is 20.4 Å². The molecule has 0 amide bonds. The Bertz CT molecular complexity index is 728. The van der Waals surface area contributed by atoms with E-state index in [1.807, 2.05) is 26.0 Å². The Kier molecular flexibility index (Phi) is 5.20. The van der Waals surface area contributed by atoms with Crippen molar-refractivity contribution in [3.05, 3.63) is 47.2 Å². The van der Waals surface area contributed by atoms with Crippen molar-refractivity contribution in [1.82, 2.24) is 9.97 Å². The summed E-state index contributed by atoms with van der Waals surface area (Å²) in [6, 6.07) is 8.16. The second kappa shape index (κ2) is 7.37. The molecule has 1 aromatic carbocycles. The van der Waals surface area contributed by atoms with Crippen LogP contribution in [0, 0.1) is 0 Å². The van der Waals surface area contributed by atoms with Crippen LogP contribution in [0.3, 0.4) is 0 Å². The van der Waals surface area contributed by atoms with Crippen molar-refractivity contribution in [1.29, 1.82) is 0 Å². The molecule has 0 unspecified atom stereocenters. The summed E-state index contributed by atoms with van der Waals surface area (Å²) in [4.78, 5) is 11.1. The van der Waals surface area contributed by atoms with Gasteiger partial charge in [-0.15, -0.1) is 0 Å². The van der Waals surface area contributed by atoms with E-state index >= 15 is 0 Å². The molecule has 134 valence electrons. The zero-order valence-electron chi connectivity index (χ0n) is 14.9. The van der Waals surface area contributed by atoms with Gasteiger partial charge in [-0.3, -0.25) is 0 Å². The third-order valence-electron chi connectivity index (χ3n) is 4.51. The number of aliphatic hydroxyl groups is 2. The normalized spacial score (nSPS) is 14.3. The molecule has 6 nitrogen and oxygen atoms in total. The molecule has 0 radical (unpaired) electrons. The molecular formula is C19H26N4O2. The van der Waals surface area contributed by atoms with Crippen LogP contribution in [0.2, 0.25) is 0 Å². The van der Waals surface area contributed by atoms with Gasteiger partial charge in [0.1, 0.15) is 5.82 Å². The molecule has 0 atom stereocenters. The SMILES string of the molecule is CC(C)(O)c1ccc2c(c1)CCN(c1ccnc(NCCCO)n1)C2. The lowest BCUT2D eigenvalue weighted by Gasteiger charge is -2.31. The van der Waals surface area contributed by atoms with Crippen LogP contribution in [0.1, 0.15) is 37.0 Å². The number of fused-ring (bicyclic) bond motifs is 1. The number of aromatic nitrogens is 2. The molecule has 3 N–H and O–H groups in total. The Morgan fingerprint density at radius 3 is 2.84 bits per heavy atom. The molecule has 0 fully saturated rings. The Labute approximate surface area is 148 Å². The molecular weight excluding hydrogens is 316 g/mol. The summed E-state index contributed by atoms with van der Waals surface area (Å²) in [7, 11) is 0. The van der Waals surface area contributed by atoms with Crippen molar-refractivity contribution < 1.29 is 10.2 Å². The van der Waals surface area contributed by atoms with Crippen molar-refractivity contribution in [3.63, 3.8) is 0 Å². The number of hydrogen-bond acceptors (Lipinski definition) is 6. The van der Waals surface area contributed by atoms with Crippen molar-refractivity contribution in [2.24, 2.45) is 0 Å². The molecule has 1 aromatic heterocycles. The molecule has 25 heavy (non-hydrogen) atoms. The first-order chi connectivity index (χ1) is 12.0. The van der Waals surface area contributed by atoms with Gasteiger partial charge in [-0.25, -0.2) is 4.98 Å². The van der Waals surface area contributed by atoms with E-state index in [0.717, 1.165) is 30.9 Å². The molecule has 0 aliphatic carbocycles. The second-order valence-corrected chi connectivity index (χ2v) is 6.96. The van der Waals surface area contributed by atoms with Gasteiger partial charge in [0.15, 0.2) is 0 Å². The first-order valence-electron chi connectivity index (χ1n) is 8.75. The standard InChI is InChI=1S/C19H26N4O2/c1-19(2,25)16-5-4-15-13-23(10-7-14(15)12-16)17-6-9-21-18(22-17)20-8-3-11-24/h4-6,9,12,24-25H,3,7-8,10-11,13H2,1-2H3,(H,20,21,22). The van der Waals surface area contributed by atoms with Gasteiger partial charge in [-0.1, -0.05) is 18.2 Å². The van der Waals surface area contributed by atoms with E-state index in [1.165, 1.54) is 11.1 Å². The molecule has 0 saturated heterocycles. The average Bonchev–Trinajstić information content (AvgIpc) is 2.60. The van der Waals surface area contributed by atoms with E-state index in [9.17, 15) is 5.11 Å². The highest BCUT2D eigenvalue weighted by Gasteiger charge is 2.22. The monoisotopic (exact) mass is 342 g/mol. The van der Waals surface area contributed by atoms with Gasteiger partial charge in [-0.05, 0) is 49.4 Å². The predicted molar refractivity (Wildman–Crippen MR) is 98.7 cm³/mol. The number of aliphatic hydroxyl groups excluding tert-OH is 1. The zero-order valence-corrected chi connectivity index (χ0v) is 14.9. The van der Waals surface area contributed by atoms with E-state index in [4.69, 9.17) is 5.11 Å². The second-order valence-electron chi connectivity index (χ2n) is 6.96. The van der Waals surface area contributed by atoms with Gasteiger partial charge in [0.25, 0.3) is 0 Å². The highest BCUT2D eigenvalue weighted by molar-refractivity contribution is 5.47. The summed E-state index contributed by atoms with van der Waals surface area (Å²) in [5.74, 6) is 1.49. The van der Waals surface area contributed by atoms with Crippen LogP contribution in [-0.2, 0) is 18.6 Å². The summed E-state index contributed by atoms with van der Waals surface area (Å²) in [5.41, 5.74) is 2.71. The van der Waals surface area contributed by atoms with Gasteiger partial charge in [0.05, 0.1) is 5.60 Å². The lowest BCUT2D eigenvalue weighted by molar-refractivity contribution is 0.0785. The number of rotatable bonds is 6. The third-order valence-corrected chi connectivity index (χ3v) is 4.51.